The third kappa shape index (κ3) is 2.30. The largest absolute Gasteiger partial charge is 0.481 e. The van der Waals surface area contributed by atoms with Crippen molar-refractivity contribution in [3.63, 3.8) is 0 Å². The van der Waals surface area contributed by atoms with Crippen molar-refractivity contribution in [3.8, 4) is 0 Å². The van der Waals surface area contributed by atoms with Crippen LogP contribution in [-0.2, 0) is 16.0 Å². The Morgan fingerprint density at radius 1 is 1.42 bits per heavy atom. The molecule has 2 unspecified atom stereocenters. The van der Waals surface area contributed by atoms with Crippen molar-refractivity contribution in [1.82, 2.24) is 5.32 Å². The third-order valence-corrected chi connectivity index (χ3v) is 3.36. The van der Waals surface area contributed by atoms with Gasteiger partial charge in [-0.25, -0.2) is 8.78 Å². The summed E-state index contributed by atoms with van der Waals surface area (Å²) in [6.07, 6.45) is 0.471. The number of amides is 1. The first-order chi connectivity index (χ1) is 8.95. The number of nitrogens with one attached hydrogen (secondary N) is 1. The van der Waals surface area contributed by atoms with Crippen molar-refractivity contribution in [2.75, 3.05) is 6.54 Å². The van der Waals surface area contributed by atoms with Gasteiger partial charge in [-0.1, -0.05) is 6.92 Å². The van der Waals surface area contributed by atoms with Gasteiger partial charge in [0.05, 0.1) is 0 Å². The van der Waals surface area contributed by atoms with E-state index in [1.54, 1.807) is 6.92 Å². The molecule has 0 aromatic heterocycles. The first kappa shape index (κ1) is 13.5. The lowest BCUT2D eigenvalue weighted by Crippen LogP contribution is -2.27. The topological polar surface area (TPSA) is 66.4 Å². The number of carbonyl (C=O) groups excluding carboxylic acids is 1. The van der Waals surface area contributed by atoms with Gasteiger partial charge in [0.2, 0.25) is 5.91 Å². The molecule has 1 saturated heterocycles. The fraction of sp³-hybridized carbons (Fsp3) is 0.385. The number of carbonyl (C=O) groups is 2. The van der Waals surface area contributed by atoms with Gasteiger partial charge in [0, 0.05) is 18.0 Å². The summed E-state index contributed by atoms with van der Waals surface area (Å²) in [5, 5.41) is 11.3. The second-order valence-electron chi connectivity index (χ2n) is 4.49. The number of hydrogen-bond acceptors (Lipinski definition) is 2. The second-order valence-corrected chi connectivity index (χ2v) is 4.49. The van der Waals surface area contributed by atoms with Crippen LogP contribution in [0.1, 0.15) is 24.0 Å². The lowest BCUT2D eigenvalue weighted by molar-refractivity contribution is -0.145. The number of carboxylic acid groups (broad SMARTS) is 1. The molecule has 0 radical (unpaired) electrons. The summed E-state index contributed by atoms with van der Waals surface area (Å²) in [5.74, 6) is -6.16. The molecule has 1 amide bonds. The first-order valence-electron chi connectivity index (χ1n) is 5.94. The predicted molar refractivity (Wildman–Crippen MR) is 62.6 cm³/mol. The molecule has 0 saturated carbocycles. The number of aliphatic carboxylic acids is 1. The molecule has 1 heterocycles. The Morgan fingerprint density at radius 2 is 2.00 bits per heavy atom. The fourth-order valence-corrected chi connectivity index (χ4v) is 2.37. The van der Waals surface area contributed by atoms with Gasteiger partial charge in [-0.2, -0.15) is 0 Å². The zero-order valence-electron chi connectivity index (χ0n) is 10.2. The van der Waals surface area contributed by atoms with E-state index in [9.17, 15) is 18.4 Å². The van der Waals surface area contributed by atoms with E-state index in [2.05, 4.69) is 5.32 Å². The highest BCUT2D eigenvalue weighted by Crippen LogP contribution is 2.33. The van der Waals surface area contributed by atoms with Crippen LogP contribution in [0.15, 0.2) is 12.1 Å². The molecule has 2 N–H and O–H groups in total. The molecule has 6 heteroatoms. The van der Waals surface area contributed by atoms with Crippen LogP contribution in [0, 0.1) is 17.6 Å². The number of aryl methyl sites for hydroxylation is 1. The second kappa shape index (κ2) is 4.95. The third-order valence-electron chi connectivity index (χ3n) is 3.36. The summed E-state index contributed by atoms with van der Waals surface area (Å²) < 4.78 is 27.9. The molecule has 1 aromatic carbocycles. The predicted octanol–water partition coefficient (Wildman–Crippen LogP) is 1.44. The van der Waals surface area contributed by atoms with Crippen LogP contribution < -0.4 is 5.32 Å². The normalized spacial score (nSPS) is 22.4. The minimum absolute atomic E-state index is 0.0743. The van der Waals surface area contributed by atoms with E-state index in [0.717, 1.165) is 0 Å². The van der Waals surface area contributed by atoms with Crippen LogP contribution in [0.4, 0.5) is 8.78 Å². The van der Waals surface area contributed by atoms with Gasteiger partial charge < -0.3 is 10.4 Å². The molecule has 2 rings (SSSR count). The van der Waals surface area contributed by atoms with Crippen LogP contribution in [0.2, 0.25) is 0 Å². The Bertz CT molecular complexity index is 522. The van der Waals surface area contributed by atoms with Crippen LogP contribution >= 0.6 is 0 Å². The first-order valence-corrected chi connectivity index (χ1v) is 5.94. The van der Waals surface area contributed by atoms with Gasteiger partial charge >= 0.3 is 5.97 Å². The summed E-state index contributed by atoms with van der Waals surface area (Å²) >= 11 is 0. The molecule has 0 bridgehead atoms. The summed E-state index contributed by atoms with van der Waals surface area (Å²) in [7, 11) is 0. The fourth-order valence-electron chi connectivity index (χ4n) is 2.37. The average Bonchev–Trinajstić information content (AvgIpc) is 2.70. The van der Waals surface area contributed by atoms with Crippen molar-refractivity contribution >= 4 is 11.9 Å². The smallest absolute Gasteiger partial charge is 0.316 e. The van der Waals surface area contributed by atoms with Crippen molar-refractivity contribution in [2.45, 2.75) is 19.3 Å². The number of hydrogen-bond donors (Lipinski definition) is 2. The lowest BCUT2D eigenvalue weighted by atomic mass is 9.87. The van der Waals surface area contributed by atoms with Crippen LogP contribution in [0.5, 0.6) is 0 Å². The van der Waals surface area contributed by atoms with Crippen LogP contribution in [0.25, 0.3) is 0 Å². The number of benzene rings is 1. The van der Waals surface area contributed by atoms with Crippen molar-refractivity contribution in [2.24, 2.45) is 5.92 Å². The van der Waals surface area contributed by atoms with E-state index in [4.69, 9.17) is 5.11 Å². The minimum Gasteiger partial charge on any atom is -0.481 e. The summed E-state index contributed by atoms with van der Waals surface area (Å²) in [5.41, 5.74) is 0.158. The summed E-state index contributed by atoms with van der Waals surface area (Å²) in [4.78, 5) is 22.4. The summed E-state index contributed by atoms with van der Waals surface area (Å²) in [6.45, 7) is 1.68. The van der Waals surface area contributed by atoms with Gasteiger partial charge in [0.25, 0.3) is 0 Å². The number of carboxylic acids is 1. The molecule has 1 aliphatic heterocycles. The monoisotopic (exact) mass is 269 g/mol. The van der Waals surface area contributed by atoms with Gasteiger partial charge in [-0.3, -0.25) is 9.59 Å². The van der Waals surface area contributed by atoms with E-state index >= 15 is 0 Å². The Labute approximate surface area is 108 Å². The number of halogens is 2. The highest BCUT2D eigenvalue weighted by Gasteiger charge is 2.43. The van der Waals surface area contributed by atoms with Crippen molar-refractivity contribution < 1.29 is 23.5 Å². The molecular weight excluding hydrogens is 256 g/mol. The maximum absolute atomic E-state index is 13.9. The highest BCUT2D eigenvalue weighted by molar-refractivity contribution is 5.99. The Hall–Kier alpha value is -1.98. The van der Waals surface area contributed by atoms with E-state index in [0.29, 0.717) is 12.0 Å². The van der Waals surface area contributed by atoms with Crippen molar-refractivity contribution in [1.29, 1.82) is 0 Å². The zero-order valence-corrected chi connectivity index (χ0v) is 10.2. The molecule has 1 aliphatic rings. The SMILES string of the molecule is CCc1cc(F)c(C2CNC(=O)C2C(=O)O)c(F)c1. The maximum atomic E-state index is 13.9. The van der Waals surface area contributed by atoms with Crippen molar-refractivity contribution in [3.05, 3.63) is 34.9 Å². The molecule has 4 nitrogen and oxygen atoms in total. The lowest BCUT2D eigenvalue weighted by Gasteiger charge is -2.16. The summed E-state index contributed by atoms with van der Waals surface area (Å²) in [6, 6.07) is 2.36. The molecule has 0 spiro atoms. The number of rotatable bonds is 3. The molecule has 1 fully saturated rings. The van der Waals surface area contributed by atoms with Gasteiger partial charge in [0.15, 0.2) is 0 Å². The average molecular weight is 269 g/mol. The molecule has 0 aliphatic carbocycles. The molecule has 2 atom stereocenters. The quantitative estimate of drug-likeness (QED) is 0.816. The van der Waals surface area contributed by atoms with E-state index < -0.39 is 35.3 Å². The van der Waals surface area contributed by atoms with E-state index in [-0.39, 0.29) is 12.1 Å². The standard InChI is InChI=1S/C13H13F2NO3/c1-2-6-3-8(14)10(9(15)4-6)7-5-16-12(17)11(7)13(18)19/h3-4,7,11H,2,5H2,1H3,(H,16,17)(H,18,19). The van der Waals surface area contributed by atoms with Gasteiger partial charge in [0.1, 0.15) is 17.6 Å². The molecule has 102 valence electrons. The molecule has 19 heavy (non-hydrogen) atoms. The van der Waals surface area contributed by atoms with Gasteiger partial charge in [-0.15, -0.1) is 0 Å². The van der Waals surface area contributed by atoms with E-state index in [1.807, 2.05) is 0 Å². The Morgan fingerprint density at radius 3 is 2.47 bits per heavy atom. The molecular formula is C13H13F2NO3. The zero-order chi connectivity index (χ0) is 14.2. The van der Waals surface area contributed by atoms with Crippen LogP contribution in [-0.4, -0.2) is 23.5 Å². The maximum Gasteiger partial charge on any atom is 0.316 e. The van der Waals surface area contributed by atoms with E-state index in [1.165, 1.54) is 12.1 Å². The van der Waals surface area contributed by atoms with Gasteiger partial charge in [-0.05, 0) is 24.1 Å². The Balaban J connectivity index is 2.47. The highest BCUT2D eigenvalue weighted by atomic mass is 19.1. The molecule has 1 aromatic rings. The van der Waals surface area contributed by atoms with Crippen LogP contribution in [0.3, 0.4) is 0 Å². The Kier molecular flexibility index (Phi) is 3.50. The minimum atomic E-state index is -1.45.